The van der Waals surface area contributed by atoms with Crippen molar-refractivity contribution in [2.45, 2.75) is 38.8 Å². The van der Waals surface area contributed by atoms with Crippen LogP contribution in [-0.2, 0) is 0 Å². The Labute approximate surface area is 110 Å². The smallest absolute Gasteiger partial charge is 0.120 e. The van der Waals surface area contributed by atoms with Crippen LogP contribution in [0.2, 0.25) is 0 Å². The predicted molar refractivity (Wildman–Crippen MR) is 74.9 cm³/mol. The lowest BCUT2D eigenvalue weighted by Gasteiger charge is -2.23. The topological polar surface area (TPSA) is 35.5 Å². The van der Waals surface area contributed by atoms with E-state index < -0.39 is 0 Å². The van der Waals surface area contributed by atoms with Gasteiger partial charge in [0.1, 0.15) is 5.75 Å². The highest BCUT2D eigenvalue weighted by Gasteiger charge is 2.21. The van der Waals surface area contributed by atoms with Gasteiger partial charge in [-0.15, -0.1) is 0 Å². The molecule has 0 aromatic heterocycles. The molecule has 2 rings (SSSR count). The van der Waals surface area contributed by atoms with Gasteiger partial charge in [-0.05, 0) is 51.9 Å². The molecule has 1 aromatic rings. The van der Waals surface area contributed by atoms with Gasteiger partial charge in [0, 0.05) is 24.2 Å². The maximum absolute atomic E-state index is 9.96. The Kier molecular flexibility index (Phi) is 4.25. The number of benzene rings is 1. The highest BCUT2D eigenvalue weighted by Crippen LogP contribution is 2.25. The molecule has 2 N–H and O–H groups in total. The first-order valence-electron chi connectivity index (χ1n) is 6.81. The third kappa shape index (κ3) is 3.03. The molecule has 100 valence electrons. The second-order valence-electron chi connectivity index (χ2n) is 5.47. The summed E-state index contributed by atoms with van der Waals surface area (Å²) in [6.45, 7) is 6.30. The highest BCUT2D eigenvalue weighted by atomic mass is 16.3. The van der Waals surface area contributed by atoms with Crippen LogP contribution < -0.4 is 5.32 Å². The van der Waals surface area contributed by atoms with E-state index in [4.69, 9.17) is 0 Å². The molecule has 1 saturated heterocycles. The van der Waals surface area contributed by atoms with Crippen LogP contribution in [0.1, 0.15) is 36.9 Å². The Morgan fingerprint density at radius 1 is 1.50 bits per heavy atom. The van der Waals surface area contributed by atoms with Gasteiger partial charge in [-0.3, -0.25) is 0 Å². The van der Waals surface area contributed by atoms with Gasteiger partial charge in [0.15, 0.2) is 0 Å². The van der Waals surface area contributed by atoms with Crippen molar-refractivity contribution in [3.05, 3.63) is 29.3 Å². The summed E-state index contributed by atoms with van der Waals surface area (Å²) in [5.74, 6) is 0.398. The van der Waals surface area contributed by atoms with E-state index in [0.29, 0.717) is 11.8 Å². The Morgan fingerprint density at radius 2 is 2.28 bits per heavy atom. The van der Waals surface area contributed by atoms with E-state index in [-0.39, 0.29) is 6.04 Å². The van der Waals surface area contributed by atoms with Crippen molar-refractivity contribution in [2.75, 3.05) is 20.1 Å². The number of nitrogens with one attached hydrogen (secondary N) is 1. The predicted octanol–water partition coefficient (Wildman–Crippen LogP) is 2.45. The number of hydrogen-bond acceptors (Lipinski definition) is 3. The van der Waals surface area contributed by atoms with Gasteiger partial charge in [-0.25, -0.2) is 0 Å². The number of nitrogens with zero attached hydrogens (tertiary/aromatic N) is 1. The molecule has 18 heavy (non-hydrogen) atoms. The second-order valence-corrected chi connectivity index (χ2v) is 5.47. The lowest BCUT2D eigenvalue weighted by atomic mass is 10.0. The van der Waals surface area contributed by atoms with E-state index in [9.17, 15) is 5.11 Å². The number of rotatable bonds is 4. The molecule has 0 spiro atoms. The first kappa shape index (κ1) is 13.4. The summed E-state index contributed by atoms with van der Waals surface area (Å²) < 4.78 is 0. The summed E-state index contributed by atoms with van der Waals surface area (Å²) in [6.07, 6.45) is 2.57. The van der Waals surface area contributed by atoms with Crippen molar-refractivity contribution >= 4 is 0 Å². The van der Waals surface area contributed by atoms with Crippen LogP contribution in [0.5, 0.6) is 5.75 Å². The summed E-state index contributed by atoms with van der Waals surface area (Å²) in [5.41, 5.74) is 2.08. The van der Waals surface area contributed by atoms with E-state index in [1.54, 1.807) is 0 Å². The van der Waals surface area contributed by atoms with Crippen molar-refractivity contribution in [2.24, 2.45) is 0 Å². The van der Waals surface area contributed by atoms with Crippen LogP contribution >= 0.6 is 0 Å². The number of aromatic hydroxyl groups is 1. The van der Waals surface area contributed by atoms with Gasteiger partial charge in [0.2, 0.25) is 0 Å². The molecule has 0 saturated carbocycles. The van der Waals surface area contributed by atoms with Gasteiger partial charge in [-0.2, -0.15) is 0 Å². The largest absolute Gasteiger partial charge is 0.508 e. The molecule has 0 amide bonds. The number of aryl methyl sites for hydroxylation is 1. The standard InChI is InChI=1S/C15H24N2O/c1-11-6-7-14(15(18)9-11)12(2)16-10-13-5-4-8-17(13)3/h6-7,9,12-13,16,18H,4-5,8,10H2,1-3H3. The zero-order valence-electron chi connectivity index (χ0n) is 11.6. The van der Waals surface area contributed by atoms with Crippen LogP contribution in [0.3, 0.4) is 0 Å². The lowest BCUT2D eigenvalue weighted by molar-refractivity contribution is 0.293. The second kappa shape index (κ2) is 5.72. The molecule has 1 aromatic carbocycles. The molecule has 0 bridgehead atoms. The monoisotopic (exact) mass is 248 g/mol. The molecule has 1 heterocycles. The van der Waals surface area contributed by atoms with Crippen molar-refractivity contribution in [1.82, 2.24) is 10.2 Å². The fraction of sp³-hybridized carbons (Fsp3) is 0.600. The molecular weight excluding hydrogens is 224 g/mol. The number of likely N-dealkylation sites (tertiary alicyclic amines) is 1. The van der Waals surface area contributed by atoms with Crippen LogP contribution in [0, 0.1) is 6.92 Å². The van der Waals surface area contributed by atoms with E-state index in [0.717, 1.165) is 17.7 Å². The van der Waals surface area contributed by atoms with Gasteiger partial charge < -0.3 is 15.3 Å². The molecule has 2 unspecified atom stereocenters. The quantitative estimate of drug-likeness (QED) is 0.859. The van der Waals surface area contributed by atoms with Gasteiger partial charge in [0.25, 0.3) is 0 Å². The normalized spacial score (nSPS) is 22.3. The average Bonchev–Trinajstić information content (AvgIpc) is 2.72. The number of phenols is 1. The first-order chi connectivity index (χ1) is 8.58. The zero-order valence-corrected chi connectivity index (χ0v) is 11.6. The van der Waals surface area contributed by atoms with E-state index in [1.165, 1.54) is 19.4 Å². The molecule has 3 nitrogen and oxygen atoms in total. The van der Waals surface area contributed by atoms with Crippen LogP contribution in [0.4, 0.5) is 0 Å². The first-order valence-corrected chi connectivity index (χ1v) is 6.81. The van der Waals surface area contributed by atoms with E-state index in [2.05, 4.69) is 30.3 Å². The van der Waals surface area contributed by atoms with Crippen LogP contribution in [0.25, 0.3) is 0 Å². The average molecular weight is 248 g/mol. The van der Waals surface area contributed by atoms with Crippen molar-refractivity contribution in [1.29, 1.82) is 0 Å². The molecule has 0 aliphatic carbocycles. The van der Waals surface area contributed by atoms with E-state index >= 15 is 0 Å². The third-order valence-corrected chi connectivity index (χ3v) is 3.98. The maximum atomic E-state index is 9.96. The SMILES string of the molecule is Cc1ccc(C(C)NCC2CCCN2C)c(O)c1. The van der Waals surface area contributed by atoms with Gasteiger partial charge in [-0.1, -0.05) is 12.1 Å². The minimum Gasteiger partial charge on any atom is -0.508 e. The molecule has 1 aliphatic rings. The number of likely N-dealkylation sites (N-methyl/N-ethyl adjacent to an activating group) is 1. The Bertz CT molecular complexity index is 405. The molecule has 1 aliphatic heterocycles. The van der Waals surface area contributed by atoms with Crippen LogP contribution in [-0.4, -0.2) is 36.2 Å². The fourth-order valence-electron chi connectivity index (χ4n) is 2.68. The number of phenolic OH excluding ortho intramolecular Hbond substituents is 1. The highest BCUT2D eigenvalue weighted by molar-refractivity contribution is 5.37. The maximum Gasteiger partial charge on any atom is 0.120 e. The molecule has 3 heteroatoms. The lowest BCUT2D eigenvalue weighted by Crippen LogP contribution is -2.36. The fourth-order valence-corrected chi connectivity index (χ4v) is 2.68. The third-order valence-electron chi connectivity index (χ3n) is 3.98. The molecule has 1 fully saturated rings. The van der Waals surface area contributed by atoms with Crippen molar-refractivity contribution < 1.29 is 5.11 Å². The van der Waals surface area contributed by atoms with E-state index in [1.807, 2.05) is 19.1 Å². The summed E-state index contributed by atoms with van der Waals surface area (Å²) in [6, 6.07) is 6.73. The molecular formula is C15H24N2O. The number of hydrogen-bond donors (Lipinski definition) is 2. The van der Waals surface area contributed by atoms with Crippen LogP contribution in [0.15, 0.2) is 18.2 Å². The van der Waals surface area contributed by atoms with Crippen molar-refractivity contribution in [3.8, 4) is 5.75 Å². The minimum absolute atomic E-state index is 0.194. The molecule has 2 atom stereocenters. The minimum atomic E-state index is 0.194. The summed E-state index contributed by atoms with van der Waals surface area (Å²) >= 11 is 0. The molecule has 0 radical (unpaired) electrons. The Hall–Kier alpha value is -1.06. The summed E-state index contributed by atoms with van der Waals surface area (Å²) in [4.78, 5) is 2.41. The van der Waals surface area contributed by atoms with Crippen molar-refractivity contribution in [3.63, 3.8) is 0 Å². The van der Waals surface area contributed by atoms with Gasteiger partial charge >= 0.3 is 0 Å². The Balaban J connectivity index is 1.93. The van der Waals surface area contributed by atoms with Gasteiger partial charge in [0.05, 0.1) is 0 Å². The summed E-state index contributed by atoms with van der Waals surface area (Å²) in [7, 11) is 2.19. The zero-order chi connectivity index (χ0) is 13.1. The summed E-state index contributed by atoms with van der Waals surface area (Å²) in [5, 5.41) is 13.5. The Morgan fingerprint density at radius 3 is 2.89 bits per heavy atom.